The molecule has 0 heterocycles. The van der Waals surface area contributed by atoms with Gasteiger partial charge in [0.2, 0.25) is 0 Å². The summed E-state index contributed by atoms with van der Waals surface area (Å²) < 4.78 is 10.8. The predicted molar refractivity (Wildman–Crippen MR) is 68.7 cm³/mol. The molecule has 0 aliphatic heterocycles. The Balaban J connectivity index is 2.22. The third kappa shape index (κ3) is 4.45. The molecule has 0 aliphatic carbocycles. The Labute approximate surface area is 99.0 Å². The second-order valence-electron chi connectivity index (χ2n) is 3.95. The predicted octanol–water partition coefficient (Wildman–Crippen LogP) is 1.72. The smallest absolute Gasteiger partial charge is 0.348 e. The fourth-order valence-electron chi connectivity index (χ4n) is 1.42. The van der Waals surface area contributed by atoms with E-state index in [1.807, 2.05) is 6.07 Å². The van der Waals surface area contributed by atoms with Crippen molar-refractivity contribution in [2.75, 3.05) is 26.9 Å². The highest BCUT2D eigenvalue weighted by Crippen LogP contribution is 2.02. The van der Waals surface area contributed by atoms with Crippen LogP contribution in [0.25, 0.3) is 0 Å². The van der Waals surface area contributed by atoms with E-state index in [0.717, 1.165) is 19.1 Å². The molecule has 16 heavy (non-hydrogen) atoms. The first-order chi connectivity index (χ1) is 7.70. The average Bonchev–Trinajstić information content (AvgIpc) is 2.36. The Bertz CT molecular complexity index is 288. The average molecular weight is 239 g/mol. The number of rotatable bonds is 7. The van der Waals surface area contributed by atoms with Gasteiger partial charge in [0.05, 0.1) is 0 Å². The number of nitrogens with one attached hydrogen (secondary N) is 1. The molecule has 0 atom stereocenters. The van der Waals surface area contributed by atoms with E-state index in [1.165, 1.54) is 5.56 Å². The fraction of sp³-hybridized carbons (Fsp3) is 0.500. The summed E-state index contributed by atoms with van der Waals surface area (Å²) in [4.78, 5) is 0. The molecule has 0 spiro atoms. The molecular weight excluding hydrogens is 218 g/mol. The van der Waals surface area contributed by atoms with Crippen molar-refractivity contribution in [1.29, 1.82) is 0 Å². The number of hydrogen-bond acceptors (Lipinski definition) is 3. The molecule has 1 N–H and O–H groups in total. The summed E-state index contributed by atoms with van der Waals surface area (Å²) in [5.74, 6) is 0. The van der Waals surface area contributed by atoms with Crippen LogP contribution < -0.4 is 5.32 Å². The Hall–Kier alpha value is -0.683. The van der Waals surface area contributed by atoms with Gasteiger partial charge < -0.3 is 14.2 Å². The molecule has 4 heteroatoms. The Morgan fingerprint density at radius 3 is 2.31 bits per heavy atom. The first-order valence-corrected chi connectivity index (χ1v) is 8.07. The minimum Gasteiger partial charge on any atom is -0.397 e. The van der Waals surface area contributed by atoms with Crippen molar-refractivity contribution in [3.63, 3.8) is 0 Å². The van der Waals surface area contributed by atoms with Gasteiger partial charge in [0.1, 0.15) is 0 Å². The van der Waals surface area contributed by atoms with Gasteiger partial charge in [-0.2, -0.15) is 0 Å². The molecule has 90 valence electrons. The first kappa shape index (κ1) is 13.4. The lowest BCUT2D eigenvalue weighted by Crippen LogP contribution is -2.47. The van der Waals surface area contributed by atoms with Gasteiger partial charge in [0.25, 0.3) is 0 Å². The van der Waals surface area contributed by atoms with Crippen LogP contribution in [0, 0.1) is 0 Å². The maximum Gasteiger partial charge on any atom is 0.348 e. The van der Waals surface area contributed by atoms with Crippen molar-refractivity contribution in [2.45, 2.75) is 13.0 Å². The molecule has 0 saturated carbocycles. The monoisotopic (exact) mass is 239 g/mol. The zero-order valence-electron chi connectivity index (χ0n) is 10.3. The molecule has 3 nitrogen and oxygen atoms in total. The van der Waals surface area contributed by atoms with Crippen LogP contribution in [0.3, 0.4) is 0 Å². The van der Waals surface area contributed by atoms with E-state index in [0.29, 0.717) is 0 Å². The van der Waals surface area contributed by atoms with Crippen LogP contribution in [-0.4, -0.2) is 35.5 Å². The van der Waals surface area contributed by atoms with Crippen LogP contribution in [0.4, 0.5) is 0 Å². The third-order valence-electron chi connectivity index (χ3n) is 2.74. The third-order valence-corrected chi connectivity index (χ3v) is 5.36. The van der Waals surface area contributed by atoms with E-state index in [9.17, 15) is 0 Å². The van der Waals surface area contributed by atoms with Crippen molar-refractivity contribution < 1.29 is 8.85 Å². The topological polar surface area (TPSA) is 30.5 Å². The SMILES string of the molecule is CO[Si](C)(CNCCc1ccccc1)OC. The van der Waals surface area contributed by atoms with Crippen molar-refractivity contribution >= 4 is 8.56 Å². The van der Waals surface area contributed by atoms with Crippen molar-refractivity contribution in [1.82, 2.24) is 5.32 Å². The number of hydrogen-bond donors (Lipinski definition) is 1. The molecular formula is C12H21NO2Si. The van der Waals surface area contributed by atoms with Gasteiger partial charge in [0, 0.05) is 20.4 Å². The van der Waals surface area contributed by atoms with E-state index >= 15 is 0 Å². The lowest BCUT2D eigenvalue weighted by Gasteiger charge is -2.22. The molecule has 0 aromatic heterocycles. The maximum absolute atomic E-state index is 5.39. The molecule has 0 fully saturated rings. The van der Waals surface area contributed by atoms with Gasteiger partial charge in [-0.05, 0) is 25.1 Å². The van der Waals surface area contributed by atoms with E-state index in [-0.39, 0.29) is 0 Å². The zero-order chi connectivity index (χ0) is 11.9. The Morgan fingerprint density at radius 1 is 1.12 bits per heavy atom. The lowest BCUT2D eigenvalue weighted by atomic mass is 10.2. The molecule has 1 aromatic carbocycles. The first-order valence-electron chi connectivity index (χ1n) is 5.55. The summed E-state index contributed by atoms with van der Waals surface area (Å²) in [6.07, 6.45) is 1.87. The van der Waals surface area contributed by atoms with Gasteiger partial charge in [-0.1, -0.05) is 30.3 Å². The molecule has 0 unspecified atom stereocenters. The molecule has 1 rings (SSSR count). The molecule has 0 saturated heterocycles. The van der Waals surface area contributed by atoms with Crippen molar-refractivity contribution in [3.8, 4) is 0 Å². The van der Waals surface area contributed by atoms with E-state index < -0.39 is 8.56 Å². The van der Waals surface area contributed by atoms with Crippen LogP contribution >= 0.6 is 0 Å². The summed E-state index contributed by atoms with van der Waals surface area (Å²) in [5.41, 5.74) is 1.35. The maximum atomic E-state index is 5.39. The summed E-state index contributed by atoms with van der Waals surface area (Å²) in [5, 5.41) is 3.39. The van der Waals surface area contributed by atoms with Crippen LogP contribution in [0.2, 0.25) is 6.55 Å². The highest BCUT2D eigenvalue weighted by molar-refractivity contribution is 6.66. The molecule has 0 amide bonds. The summed E-state index contributed by atoms with van der Waals surface area (Å²) in [7, 11) is 1.49. The fourth-order valence-corrected chi connectivity index (χ4v) is 2.51. The number of benzene rings is 1. The minimum atomic E-state index is -1.95. The Morgan fingerprint density at radius 2 is 1.75 bits per heavy atom. The zero-order valence-corrected chi connectivity index (χ0v) is 11.3. The minimum absolute atomic E-state index is 0.826. The highest BCUT2D eigenvalue weighted by atomic mass is 28.4. The second-order valence-corrected chi connectivity index (χ2v) is 7.39. The van der Waals surface area contributed by atoms with Gasteiger partial charge in [0.15, 0.2) is 0 Å². The molecule has 0 bridgehead atoms. The Kier molecular flexibility index (Phi) is 5.69. The second kappa shape index (κ2) is 6.80. The van der Waals surface area contributed by atoms with E-state index in [1.54, 1.807) is 14.2 Å². The van der Waals surface area contributed by atoms with Gasteiger partial charge >= 0.3 is 8.56 Å². The van der Waals surface area contributed by atoms with E-state index in [4.69, 9.17) is 8.85 Å². The van der Waals surface area contributed by atoms with Crippen molar-refractivity contribution in [2.24, 2.45) is 0 Å². The highest BCUT2D eigenvalue weighted by Gasteiger charge is 2.27. The van der Waals surface area contributed by atoms with Gasteiger partial charge in [-0.25, -0.2) is 0 Å². The standard InChI is InChI=1S/C12H21NO2Si/c1-14-16(3,15-2)11-13-10-9-12-7-5-4-6-8-12/h4-8,13H,9-11H2,1-3H3. The summed E-state index contributed by atoms with van der Waals surface area (Å²) in [6.45, 7) is 3.02. The van der Waals surface area contributed by atoms with Crippen LogP contribution in [0.15, 0.2) is 30.3 Å². The quantitative estimate of drug-likeness (QED) is 0.580. The molecule has 1 aromatic rings. The lowest BCUT2D eigenvalue weighted by molar-refractivity contribution is 0.247. The van der Waals surface area contributed by atoms with Crippen LogP contribution in [-0.2, 0) is 15.3 Å². The normalized spacial score (nSPS) is 11.7. The molecule has 0 aliphatic rings. The van der Waals surface area contributed by atoms with Crippen molar-refractivity contribution in [3.05, 3.63) is 35.9 Å². The van der Waals surface area contributed by atoms with Crippen LogP contribution in [0.1, 0.15) is 5.56 Å². The van der Waals surface area contributed by atoms with Gasteiger partial charge in [-0.3, -0.25) is 0 Å². The molecule has 0 radical (unpaired) electrons. The summed E-state index contributed by atoms with van der Waals surface area (Å²) >= 11 is 0. The van der Waals surface area contributed by atoms with E-state index in [2.05, 4.69) is 36.1 Å². The van der Waals surface area contributed by atoms with Crippen LogP contribution in [0.5, 0.6) is 0 Å². The largest absolute Gasteiger partial charge is 0.397 e. The summed E-state index contributed by atoms with van der Waals surface area (Å²) in [6, 6.07) is 10.5. The van der Waals surface area contributed by atoms with Gasteiger partial charge in [-0.15, -0.1) is 0 Å².